The van der Waals surface area contributed by atoms with E-state index in [9.17, 15) is 0 Å². The summed E-state index contributed by atoms with van der Waals surface area (Å²) in [6.07, 6.45) is 3.30. The van der Waals surface area contributed by atoms with Crippen LogP contribution in [-0.4, -0.2) is 26.4 Å². The molecule has 0 amide bonds. The Hall–Kier alpha value is -0.0800. The zero-order valence-electron chi connectivity index (χ0n) is 11.3. The molecule has 2 unspecified atom stereocenters. The minimum Gasteiger partial charge on any atom is -0.385 e. The maximum atomic E-state index is 5.87. The standard InChI is InChI=1S/C13H28O2/c1-7-11(3)13(15-6,9-10-14-5)12(4)8-2/h11-12H,7-10H2,1-6H3. The molecular formula is C13H28O2. The van der Waals surface area contributed by atoms with Gasteiger partial charge in [0.25, 0.3) is 0 Å². The van der Waals surface area contributed by atoms with Crippen LogP contribution in [0.3, 0.4) is 0 Å². The maximum Gasteiger partial charge on any atom is 0.0751 e. The third kappa shape index (κ3) is 3.46. The highest BCUT2D eigenvalue weighted by atomic mass is 16.5. The van der Waals surface area contributed by atoms with Crippen LogP contribution in [0.4, 0.5) is 0 Å². The van der Waals surface area contributed by atoms with E-state index in [1.807, 2.05) is 7.11 Å². The summed E-state index contributed by atoms with van der Waals surface area (Å²) in [5.74, 6) is 1.15. The van der Waals surface area contributed by atoms with E-state index in [1.165, 1.54) is 0 Å². The normalized spacial score (nSPS) is 19.6. The predicted molar refractivity (Wildman–Crippen MR) is 65.1 cm³/mol. The maximum absolute atomic E-state index is 5.87. The number of rotatable bonds is 8. The Morgan fingerprint density at radius 2 is 1.47 bits per heavy atom. The van der Waals surface area contributed by atoms with Crippen molar-refractivity contribution in [1.82, 2.24) is 0 Å². The van der Waals surface area contributed by atoms with Crippen molar-refractivity contribution in [2.45, 2.75) is 52.6 Å². The summed E-state index contributed by atoms with van der Waals surface area (Å²) in [5, 5.41) is 0. The summed E-state index contributed by atoms with van der Waals surface area (Å²) in [7, 11) is 3.60. The molecule has 2 heteroatoms. The summed E-state index contributed by atoms with van der Waals surface area (Å²) in [6.45, 7) is 9.81. The van der Waals surface area contributed by atoms with Crippen molar-refractivity contribution >= 4 is 0 Å². The van der Waals surface area contributed by atoms with Crippen molar-refractivity contribution in [2.75, 3.05) is 20.8 Å². The van der Waals surface area contributed by atoms with Gasteiger partial charge in [-0.3, -0.25) is 0 Å². The molecule has 0 rings (SSSR count). The molecule has 0 fully saturated rings. The fourth-order valence-electron chi connectivity index (χ4n) is 2.44. The minimum atomic E-state index is -0.0144. The molecule has 0 saturated heterocycles. The highest BCUT2D eigenvalue weighted by Crippen LogP contribution is 2.37. The molecule has 0 spiro atoms. The molecule has 0 bridgehead atoms. The minimum absolute atomic E-state index is 0.0144. The summed E-state index contributed by atoms with van der Waals surface area (Å²) in [6, 6.07) is 0. The second kappa shape index (κ2) is 7.24. The van der Waals surface area contributed by atoms with Gasteiger partial charge in [-0.15, -0.1) is 0 Å². The van der Waals surface area contributed by atoms with Gasteiger partial charge in [0.05, 0.1) is 5.60 Å². The van der Waals surface area contributed by atoms with E-state index in [4.69, 9.17) is 9.47 Å². The molecule has 0 radical (unpaired) electrons. The molecule has 0 heterocycles. The van der Waals surface area contributed by atoms with Crippen molar-refractivity contribution in [2.24, 2.45) is 11.8 Å². The first-order valence-corrected chi connectivity index (χ1v) is 6.13. The molecule has 2 atom stereocenters. The van der Waals surface area contributed by atoms with Crippen LogP contribution in [0.25, 0.3) is 0 Å². The summed E-state index contributed by atoms with van der Waals surface area (Å²) >= 11 is 0. The molecular weight excluding hydrogens is 188 g/mol. The van der Waals surface area contributed by atoms with E-state index < -0.39 is 0 Å². The predicted octanol–water partition coefficient (Wildman–Crippen LogP) is 3.50. The Balaban J connectivity index is 4.74. The van der Waals surface area contributed by atoms with E-state index in [0.717, 1.165) is 25.9 Å². The van der Waals surface area contributed by atoms with Gasteiger partial charge in [-0.2, -0.15) is 0 Å². The number of hydrogen-bond donors (Lipinski definition) is 0. The van der Waals surface area contributed by atoms with Gasteiger partial charge in [0, 0.05) is 27.2 Å². The van der Waals surface area contributed by atoms with Crippen LogP contribution < -0.4 is 0 Å². The fraction of sp³-hybridized carbons (Fsp3) is 1.00. The largest absolute Gasteiger partial charge is 0.385 e. The first kappa shape index (κ1) is 14.9. The smallest absolute Gasteiger partial charge is 0.0751 e. The quantitative estimate of drug-likeness (QED) is 0.618. The summed E-state index contributed by atoms with van der Waals surface area (Å²) in [5.41, 5.74) is -0.0144. The van der Waals surface area contributed by atoms with Gasteiger partial charge in [-0.1, -0.05) is 40.5 Å². The lowest BCUT2D eigenvalue weighted by molar-refractivity contribution is -0.110. The lowest BCUT2D eigenvalue weighted by atomic mass is 9.74. The molecule has 0 N–H and O–H groups in total. The van der Waals surface area contributed by atoms with Crippen LogP contribution in [-0.2, 0) is 9.47 Å². The van der Waals surface area contributed by atoms with E-state index in [0.29, 0.717) is 11.8 Å². The highest BCUT2D eigenvalue weighted by Gasteiger charge is 2.39. The second-order valence-corrected chi connectivity index (χ2v) is 4.52. The Morgan fingerprint density at radius 1 is 1.00 bits per heavy atom. The number of hydrogen-bond acceptors (Lipinski definition) is 2. The third-order valence-electron chi connectivity index (χ3n) is 3.97. The number of methoxy groups -OCH3 is 2. The van der Waals surface area contributed by atoms with Crippen molar-refractivity contribution in [1.29, 1.82) is 0 Å². The Labute approximate surface area is 95.3 Å². The first-order chi connectivity index (χ1) is 7.08. The van der Waals surface area contributed by atoms with Crippen LogP contribution in [0.15, 0.2) is 0 Å². The topological polar surface area (TPSA) is 18.5 Å². The second-order valence-electron chi connectivity index (χ2n) is 4.52. The van der Waals surface area contributed by atoms with Crippen molar-refractivity contribution in [3.63, 3.8) is 0 Å². The zero-order valence-corrected chi connectivity index (χ0v) is 11.3. The van der Waals surface area contributed by atoms with Gasteiger partial charge in [-0.25, -0.2) is 0 Å². The van der Waals surface area contributed by atoms with Gasteiger partial charge in [0.15, 0.2) is 0 Å². The molecule has 15 heavy (non-hydrogen) atoms. The Bertz CT molecular complexity index is 147. The van der Waals surface area contributed by atoms with Crippen LogP contribution in [0, 0.1) is 11.8 Å². The van der Waals surface area contributed by atoms with Gasteiger partial charge >= 0.3 is 0 Å². The number of ether oxygens (including phenoxy) is 2. The van der Waals surface area contributed by atoms with E-state index >= 15 is 0 Å². The highest BCUT2D eigenvalue weighted by molar-refractivity contribution is 4.89. The van der Waals surface area contributed by atoms with Gasteiger partial charge in [-0.05, 0) is 11.8 Å². The van der Waals surface area contributed by atoms with Gasteiger partial charge in [0.2, 0.25) is 0 Å². The average Bonchev–Trinajstić information content (AvgIpc) is 2.29. The molecule has 0 aromatic heterocycles. The van der Waals surface area contributed by atoms with Crippen LogP contribution in [0.1, 0.15) is 47.0 Å². The molecule has 0 saturated carbocycles. The van der Waals surface area contributed by atoms with E-state index in [2.05, 4.69) is 27.7 Å². The van der Waals surface area contributed by atoms with Crippen molar-refractivity contribution < 1.29 is 9.47 Å². The molecule has 0 aliphatic heterocycles. The van der Waals surface area contributed by atoms with Crippen molar-refractivity contribution in [3.8, 4) is 0 Å². The van der Waals surface area contributed by atoms with E-state index in [1.54, 1.807) is 7.11 Å². The van der Waals surface area contributed by atoms with Crippen LogP contribution in [0.2, 0.25) is 0 Å². The molecule has 92 valence electrons. The SMILES string of the molecule is CCC(C)C(CCOC)(OC)C(C)CC. The lowest BCUT2D eigenvalue weighted by Crippen LogP contribution is -2.45. The van der Waals surface area contributed by atoms with Gasteiger partial charge < -0.3 is 9.47 Å². The molecule has 0 aromatic carbocycles. The molecule has 0 aliphatic carbocycles. The van der Waals surface area contributed by atoms with Gasteiger partial charge in [0.1, 0.15) is 0 Å². The Morgan fingerprint density at radius 3 is 1.73 bits per heavy atom. The summed E-state index contributed by atoms with van der Waals surface area (Å²) < 4.78 is 11.1. The third-order valence-corrected chi connectivity index (χ3v) is 3.97. The zero-order chi connectivity index (χ0) is 11.9. The average molecular weight is 216 g/mol. The van der Waals surface area contributed by atoms with E-state index in [-0.39, 0.29) is 5.60 Å². The Kier molecular flexibility index (Phi) is 7.20. The van der Waals surface area contributed by atoms with Crippen LogP contribution >= 0.6 is 0 Å². The lowest BCUT2D eigenvalue weighted by Gasteiger charge is -2.42. The fourth-order valence-corrected chi connectivity index (χ4v) is 2.44. The molecule has 0 aliphatic rings. The molecule has 0 aromatic rings. The van der Waals surface area contributed by atoms with Crippen LogP contribution in [0.5, 0.6) is 0 Å². The van der Waals surface area contributed by atoms with Crippen molar-refractivity contribution in [3.05, 3.63) is 0 Å². The monoisotopic (exact) mass is 216 g/mol. The summed E-state index contributed by atoms with van der Waals surface area (Å²) in [4.78, 5) is 0. The molecule has 2 nitrogen and oxygen atoms in total. The first-order valence-electron chi connectivity index (χ1n) is 6.13.